The first kappa shape index (κ1) is 18.8. The number of hydrogen-bond donors (Lipinski definition) is 2. The molecule has 2 N–H and O–H groups in total. The molecule has 1 amide bonds. The number of nitrogens with zero attached hydrogens (tertiary/aromatic N) is 2. The quantitative estimate of drug-likeness (QED) is 0.195. The first-order chi connectivity index (χ1) is 13.0. The van der Waals surface area contributed by atoms with Crippen LogP contribution in [-0.4, -0.2) is 28.3 Å². The predicted molar refractivity (Wildman–Crippen MR) is 109 cm³/mol. The molecule has 0 fully saturated rings. The van der Waals surface area contributed by atoms with E-state index in [0.29, 0.717) is 11.3 Å². The van der Waals surface area contributed by atoms with Gasteiger partial charge in [-0.2, -0.15) is 10.2 Å². The van der Waals surface area contributed by atoms with E-state index in [1.54, 1.807) is 49.4 Å². The number of benzene rings is 2. The van der Waals surface area contributed by atoms with Crippen LogP contribution in [0, 0.1) is 10.5 Å². The topological polar surface area (TPSA) is 96.4 Å². The van der Waals surface area contributed by atoms with E-state index in [1.807, 2.05) is 12.1 Å². The number of amides is 1. The van der Waals surface area contributed by atoms with Crippen molar-refractivity contribution in [3.8, 4) is 5.75 Å². The van der Waals surface area contributed by atoms with Gasteiger partial charge in [0.05, 0.1) is 11.8 Å². The van der Waals surface area contributed by atoms with Gasteiger partial charge >= 0.3 is 5.97 Å². The highest BCUT2D eigenvalue weighted by molar-refractivity contribution is 14.1. The van der Waals surface area contributed by atoms with Gasteiger partial charge in [-0.15, -0.1) is 0 Å². The van der Waals surface area contributed by atoms with Crippen LogP contribution < -0.4 is 10.2 Å². The van der Waals surface area contributed by atoms with Crippen LogP contribution in [0.4, 0.5) is 0 Å². The third kappa shape index (κ3) is 5.00. The van der Waals surface area contributed by atoms with Crippen LogP contribution in [0.5, 0.6) is 5.75 Å². The second-order valence-corrected chi connectivity index (χ2v) is 6.74. The minimum absolute atomic E-state index is 0.266. The SMILES string of the molecule is Cc1cc(C(=O)N/N=C\c2ccc(OC(=O)c3ccccc3I)cc2)n[nH]1. The Bertz CT molecular complexity index is 996. The van der Waals surface area contributed by atoms with Crippen LogP contribution in [0.25, 0.3) is 0 Å². The molecule has 3 rings (SSSR count). The van der Waals surface area contributed by atoms with E-state index < -0.39 is 11.9 Å². The number of hydrazone groups is 1. The summed E-state index contributed by atoms with van der Waals surface area (Å²) in [4.78, 5) is 24.0. The maximum absolute atomic E-state index is 12.2. The number of nitrogens with one attached hydrogen (secondary N) is 2. The van der Waals surface area contributed by atoms with Gasteiger partial charge in [0.25, 0.3) is 5.91 Å². The number of carbonyl (C=O) groups excluding carboxylic acids is 2. The van der Waals surface area contributed by atoms with Crippen molar-refractivity contribution in [2.45, 2.75) is 6.92 Å². The van der Waals surface area contributed by atoms with E-state index in [1.165, 1.54) is 6.21 Å². The highest BCUT2D eigenvalue weighted by Crippen LogP contribution is 2.17. The number of esters is 1. The lowest BCUT2D eigenvalue weighted by Gasteiger charge is -2.06. The van der Waals surface area contributed by atoms with Crippen LogP contribution >= 0.6 is 22.6 Å². The Morgan fingerprint density at radius 2 is 1.93 bits per heavy atom. The number of hydrogen-bond acceptors (Lipinski definition) is 5. The third-order valence-electron chi connectivity index (χ3n) is 3.50. The number of aromatic amines is 1. The fraction of sp³-hybridized carbons (Fsp3) is 0.0526. The number of ether oxygens (including phenoxy) is 1. The minimum atomic E-state index is -0.414. The summed E-state index contributed by atoms with van der Waals surface area (Å²) in [7, 11) is 0. The summed E-state index contributed by atoms with van der Waals surface area (Å²) in [5, 5.41) is 10.4. The van der Waals surface area contributed by atoms with Gasteiger partial charge in [0.15, 0.2) is 5.69 Å². The van der Waals surface area contributed by atoms with Gasteiger partial charge in [0.1, 0.15) is 5.75 Å². The smallest absolute Gasteiger partial charge is 0.344 e. The molecule has 0 unspecified atom stereocenters. The Morgan fingerprint density at radius 1 is 1.19 bits per heavy atom. The molecule has 0 spiro atoms. The zero-order chi connectivity index (χ0) is 19.2. The summed E-state index contributed by atoms with van der Waals surface area (Å²) in [6.45, 7) is 1.81. The zero-order valence-electron chi connectivity index (χ0n) is 14.3. The van der Waals surface area contributed by atoms with Gasteiger partial charge in [0, 0.05) is 9.26 Å². The summed E-state index contributed by atoms with van der Waals surface area (Å²) in [6.07, 6.45) is 1.49. The molecule has 2 aromatic carbocycles. The molecule has 0 aliphatic carbocycles. The summed E-state index contributed by atoms with van der Waals surface area (Å²) < 4.78 is 6.20. The lowest BCUT2D eigenvalue weighted by Crippen LogP contribution is -2.18. The average molecular weight is 474 g/mol. The average Bonchev–Trinajstić information content (AvgIpc) is 3.10. The zero-order valence-corrected chi connectivity index (χ0v) is 16.4. The molecule has 1 aromatic heterocycles. The summed E-state index contributed by atoms with van der Waals surface area (Å²) >= 11 is 2.09. The molecule has 3 aromatic rings. The van der Waals surface area contributed by atoms with Crippen molar-refractivity contribution in [3.63, 3.8) is 0 Å². The molecule has 0 atom stereocenters. The minimum Gasteiger partial charge on any atom is -0.423 e. The summed E-state index contributed by atoms with van der Waals surface area (Å²) in [6, 6.07) is 15.6. The number of H-pyrrole nitrogens is 1. The van der Waals surface area contributed by atoms with E-state index in [9.17, 15) is 9.59 Å². The Labute approximate surface area is 169 Å². The maximum Gasteiger partial charge on any atom is 0.344 e. The molecule has 27 heavy (non-hydrogen) atoms. The second kappa shape index (κ2) is 8.58. The number of halogens is 1. The Morgan fingerprint density at radius 3 is 2.59 bits per heavy atom. The van der Waals surface area contributed by atoms with Crippen LogP contribution in [0.15, 0.2) is 59.7 Å². The normalized spacial score (nSPS) is 10.7. The third-order valence-corrected chi connectivity index (χ3v) is 4.44. The molecule has 0 saturated heterocycles. The lowest BCUT2D eigenvalue weighted by molar-refractivity contribution is 0.0733. The van der Waals surface area contributed by atoms with Crippen molar-refractivity contribution < 1.29 is 14.3 Å². The molecule has 0 bridgehead atoms. The van der Waals surface area contributed by atoms with Gasteiger partial charge < -0.3 is 4.74 Å². The standard InChI is InChI=1S/C19H15IN4O3/c1-12-10-17(23-22-12)18(25)24-21-11-13-6-8-14(9-7-13)27-19(26)15-4-2-3-5-16(15)20/h2-11H,1H3,(H,22,23)(H,24,25)/b21-11-. The molecule has 0 aliphatic rings. The molecular weight excluding hydrogens is 459 g/mol. The highest BCUT2D eigenvalue weighted by atomic mass is 127. The van der Waals surface area contributed by atoms with E-state index in [0.717, 1.165) is 14.8 Å². The van der Waals surface area contributed by atoms with Crippen LogP contribution in [0.1, 0.15) is 32.1 Å². The molecule has 7 nitrogen and oxygen atoms in total. The highest BCUT2D eigenvalue weighted by Gasteiger charge is 2.11. The molecule has 0 radical (unpaired) electrons. The van der Waals surface area contributed by atoms with Crippen molar-refractivity contribution in [1.82, 2.24) is 15.6 Å². The Kier molecular flexibility index (Phi) is 5.97. The predicted octanol–water partition coefficient (Wildman–Crippen LogP) is 3.31. The van der Waals surface area contributed by atoms with Gasteiger partial charge in [0.2, 0.25) is 0 Å². The maximum atomic E-state index is 12.2. The van der Waals surface area contributed by atoms with Crippen LogP contribution in [0.2, 0.25) is 0 Å². The van der Waals surface area contributed by atoms with Gasteiger partial charge in [-0.25, -0.2) is 10.2 Å². The molecule has 8 heteroatoms. The lowest BCUT2D eigenvalue weighted by atomic mass is 10.2. The molecule has 136 valence electrons. The molecule has 0 aliphatic heterocycles. The largest absolute Gasteiger partial charge is 0.423 e. The van der Waals surface area contributed by atoms with Crippen LogP contribution in [-0.2, 0) is 0 Å². The number of rotatable bonds is 5. The Balaban J connectivity index is 1.58. The molecular formula is C19H15IN4O3. The van der Waals surface area contributed by atoms with Gasteiger partial charge in [-0.3, -0.25) is 9.89 Å². The van der Waals surface area contributed by atoms with E-state index >= 15 is 0 Å². The molecule has 0 saturated carbocycles. The van der Waals surface area contributed by atoms with Crippen LogP contribution in [0.3, 0.4) is 0 Å². The molecule has 1 heterocycles. The first-order valence-electron chi connectivity index (χ1n) is 7.95. The fourth-order valence-corrected chi connectivity index (χ4v) is 2.78. The van der Waals surface area contributed by atoms with Gasteiger partial charge in [-0.1, -0.05) is 12.1 Å². The number of aryl methyl sites for hydroxylation is 1. The Hall–Kier alpha value is -3.01. The summed E-state index contributed by atoms with van der Waals surface area (Å²) in [5.41, 5.74) is 4.71. The van der Waals surface area contributed by atoms with Gasteiger partial charge in [-0.05, 0) is 77.5 Å². The van der Waals surface area contributed by atoms with Crippen molar-refractivity contribution in [2.24, 2.45) is 5.10 Å². The number of aromatic nitrogens is 2. The second-order valence-electron chi connectivity index (χ2n) is 5.57. The van der Waals surface area contributed by atoms with E-state index in [2.05, 4.69) is 43.3 Å². The number of carbonyl (C=O) groups is 2. The monoisotopic (exact) mass is 474 g/mol. The fourth-order valence-electron chi connectivity index (χ4n) is 2.17. The van der Waals surface area contributed by atoms with Crippen molar-refractivity contribution in [2.75, 3.05) is 0 Å². The van der Waals surface area contributed by atoms with Crippen molar-refractivity contribution >= 4 is 40.7 Å². The van der Waals surface area contributed by atoms with E-state index in [4.69, 9.17) is 4.74 Å². The first-order valence-corrected chi connectivity index (χ1v) is 9.03. The van der Waals surface area contributed by atoms with Crippen molar-refractivity contribution in [3.05, 3.63) is 80.7 Å². The summed E-state index contributed by atoms with van der Waals surface area (Å²) in [5.74, 6) is -0.394. The van der Waals surface area contributed by atoms with E-state index in [-0.39, 0.29) is 5.69 Å². The van der Waals surface area contributed by atoms with Crippen molar-refractivity contribution in [1.29, 1.82) is 0 Å².